The maximum Gasteiger partial charge on any atom is 0.258 e. The molecule has 0 spiro atoms. The Balaban J connectivity index is 1.96. The normalized spacial score (nSPS) is 11.8. The van der Waals surface area contributed by atoms with Gasteiger partial charge in [-0.2, -0.15) is 0 Å². The number of nitrogens with two attached hydrogens (primary N) is 1. The minimum atomic E-state index is -0.672. The van der Waals surface area contributed by atoms with Crippen molar-refractivity contribution in [2.45, 2.75) is 19.6 Å². The Morgan fingerprint density at radius 3 is 2.95 bits per heavy atom. The lowest BCUT2D eigenvalue weighted by atomic mass is 10.3. The van der Waals surface area contributed by atoms with Crippen LogP contribution in [0.25, 0.3) is 0 Å². The van der Waals surface area contributed by atoms with Crippen LogP contribution in [0.1, 0.15) is 11.9 Å². The summed E-state index contributed by atoms with van der Waals surface area (Å²) in [7, 11) is 0. The van der Waals surface area contributed by atoms with Crippen molar-refractivity contribution in [3.05, 3.63) is 40.8 Å². The number of primary amides is 1. The van der Waals surface area contributed by atoms with E-state index in [0.29, 0.717) is 18.1 Å². The average molecular weight is 278 g/mol. The monoisotopic (exact) mass is 278 g/mol. The molecule has 2 N–H and O–H groups in total. The van der Waals surface area contributed by atoms with E-state index >= 15 is 0 Å². The van der Waals surface area contributed by atoms with Crippen LogP contribution in [0.5, 0.6) is 11.5 Å². The van der Waals surface area contributed by atoms with Gasteiger partial charge in [-0.1, -0.05) is 6.07 Å². The molecular weight excluding hydrogens is 264 g/mol. The van der Waals surface area contributed by atoms with Crippen LogP contribution in [0.3, 0.4) is 0 Å². The van der Waals surface area contributed by atoms with E-state index in [1.54, 1.807) is 31.3 Å². The van der Waals surface area contributed by atoms with Gasteiger partial charge in [-0.05, 0) is 19.1 Å². The minimum Gasteiger partial charge on any atom is -0.486 e. The molecule has 0 aliphatic heterocycles. The molecule has 1 aromatic carbocycles. The Labute approximate surface area is 115 Å². The molecule has 0 saturated heterocycles. The van der Waals surface area contributed by atoms with Crippen LogP contribution in [0, 0.1) is 0 Å². The number of aromatic nitrogens is 1. The van der Waals surface area contributed by atoms with E-state index in [1.165, 1.54) is 11.3 Å². The number of ether oxygens (including phenoxy) is 2. The molecule has 2 aromatic rings. The van der Waals surface area contributed by atoms with Gasteiger partial charge in [0.1, 0.15) is 23.1 Å². The van der Waals surface area contributed by atoms with E-state index in [0.717, 1.165) is 5.01 Å². The van der Waals surface area contributed by atoms with Crippen molar-refractivity contribution in [3.63, 3.8) is 0 Å². The standard InChI is InChI=1S/C13H14N2O3S/c1-9(13(14)16)18-11-4-2-3-10(7-11)17-8-12-15-5-6-19-12/h2-7,9H,8H2,1H3,(H2,14,16)/t9-/m1/s1. The highest BCUT2D eigenvalue weighted by atomic mass is 32.1. The number of hydrogen-bond acceptors (Lipinski definition) is 5. The molecule has 0 unspecified atom stereocenters. The molecule has 19 heavy (non-hydrogen) atoms. The zero-order chi connectivity index (χ0) is 13.7. The lowest BCUT2D eigenvalue weighted by Gasteiger charge is -2.12. The average Bonchev–Trinajstić information content (AvgIpc) is 2.90. The largest absolute Gasteiger partial charge is 0.486 e. The van der Waals surface area contributed by atoms with Gasteiger partial charge in [0.25, 0.3) is 5.91 Å². The molecule has 1 atom stereocenters. The maximum atomic E-state index is 10.9. The summed E-state index contributed by atoms with van der Waals surface area (Å²) < 4.78 is 11.0. The third kappa shape index (κ3) is 3.96. The number of hydrogen-bond donors (Lipinski definition) is 1. The molecule has 0 aliphatic rings. The number of carbonyl (C=O) groups excluding carboxylic acids is 1. The Hall–Kier alpha value is -2.08. The van der Waals surface area contributed by atoms with Crippen LogP contribution < -0.4 is 15.2 Å². The highest BCUT2D eigenvalue weighted by Crippen LogP contribution is 2.21. The Morgan fingerprint density at radius 2 is 2.26 bits per heavy atom. The van der Waals surface area contributed by atoms with Gasteiger partial charge in [0.05, 0.1) is 0 Å². The number of thiazole rings is 1. The molecule has 0 bridgehead atoms. The van der Waals surface area contributed by atoms with Crippen LogP contribution in [0.15, 0.2) is 35.8 Å². The SMILES string of the molecule is C[C@@H](Oc1cccc(OCc2nccs2)c1)C(N)=O. The topological polar surface area (TPSA) is 74.4 Å². The smallest absolute Gasteiger partial charge is 0.258 e. The molecular formula is C13H14N2O3S. The lowest BCUT2D eigenvalue weighted by Crippen LogP contribution is -2.30. The Kier molecular flexibility index (Phi) is 4.35. The maximum absolute atomic E-state index is 10.9. The van der Waals surface area contributed by atoms with Gasteiger partial charge in [0.15, 0.2) is 6.10 Å². The van der Waals surface area contributed by atoms with Crippen LogP contribution >= 0.6 is 11.3 Å². The van der Waals surface area contributed by atoms with Crippen molar-refractivity contribution >= 4 is 17.2 Å². The summed E-state index contributed by atoms with van der Waals surface area (Å²) in [5, 5.41) is 2.80. The molecule has 1 amide bonds. The van der Waals surface area contributed by atoms with Crippen LogP contribution in [-0.4, -0.2) is 17.0 Å². The van der Waals surface area contributed by atoms with Crippen LogP contribution in [0.2, 0.25) is 0 Å². The fourth-order valence-electron chi connectivity index (χ4n) is 1.37. The molecule has 6 heteroatoms. The first-order chi connectivity index (χ1) is 9.15. The van der Waals surface area contributed by atoms with Crippen molar-refractivity contribution in [2.24, 2.45) is 5.73 Å². The van der Waals surface area contributed by atoms with Crippen LogP contribution in [0.4, 0.5) is 0 Å². The second kappa shape index (κ2) is 6.19. The zero-order valence-electron chi connectivity index (χ0n) is 10.4. The zero-order valence-corrected chi connectivity index (χ0v) is 11.2. The fraction of sp³-hybridized carbons (Fsp3) is 0.231. The van der Waals surface area contributed by atoms with Gasteiger partial charge in [0, 0.05) is 17.6 Å². The number of carbonyl (C=O) groups is 1. The van der Waals surface area contributed by atoms with Gasteiger partial charge < -0.3 is 15.2 Å². The van der Waals surface area contributed by atoms with Gasteiger partial charge in [-0.3, -0.25) is 4.79 Å². The predicted molar refractivity (Wildman–Crippen MR) is 72.2 cm³/mol. The van der Waals surface area contributed by atoms with Gasteiger partial charge in [-0.25, -0.2) is 4.98 Å². The Bertz CT molecular complexity index is 543. The molecule has 0 radical (unpaired) electrons. The molecule has 0 saturated carbocycles. The quantitative estimate of drug-likeness (QED) is 0.876. The van der Waals surface area contributed by atoms with E-state index in [4.69, 9.17) is 15.2 Å². The van der Waals surface area contributed by atoms with Crippen molar-refractivity contribution in [3.8, 4) is 11.5 Å². The fourth-order valence-corrected chi connectivity index (χ4v) is 1.90. The van der Waals surface area contributed by atoms with E-state index in [-0.39, 0.29) is 0 Å². The first-order valence-corrected chi connectivity index (χ1v) is 6.60. The summed E-state index contributed by atoms with van der Waals surface area (Å²) >= 11 is 1.53. The van der Waals surface area contributed by atoms with Gasteiger partial charge in [-0.15, -0.1) is 11.3 Å². The highest BCUT2D eigenvalue weighted by molar-refractivity contribution is 7.09. The third-order valence-corrected chi connectivity index (χ3v) is 3.12. The Morgan fingerprint density at radius 1 is 1.47 bits per heavy atom. The molecule has 1 heterocycles. The summed E-state index contributed by atoms with van der Waals surface area (Å²) in [4.78, 5) is 15.1. The molecule has 1 aromatic heterocycles. The van der Waals surface area contributed by atoms with E-state index in [2.05, 4.69) is 4.98 Å². The molecule has 100 valence electrons. The molecule has 2 rings (SSSR count). The molecule has 0 aliphatic carbocycles. The van der Waals surface area contributed by atoms with Crippen LogP contribution in [-0.2, 0) is 11.4 Å². The third-order valence-electron chi connectivity index (χ3n) is 2.36. The highest BCUT2D eigenvalue weighted by Gasteiger charge is 2.10. The lowest BCUT2D eigenvalue weighted by molar-refractivity contribution is -0.123. The van der Waals surface area contributed by atoms with Gasteiger partial charge in [0.2, 0.25) is 0 Å². The molecule has 5 nitrogen and oxygen atoms in total. The first-order valence-electron chi connectivity index (χ1n) is 5.72. The number of benzene rings is 1. The minimum absolute atomic E-state index is 0.409. The van der Waals surface area contributed by atoms with E-state index in [1.807, 2.05) is 11.4 Å². The summed E-state index contributed by atoms with van der Waals surface area (Å²) in [6.45, 7) is 2.01. The summed E-state index contributed by atoms with van der Waals surface area (Å²) in [6, 6.07) is 7.07. The van der Waals surface area contributed by atoms with Crippen molar-refractivity contribution in [1.29, 1.82) is 0 Å². The van der Waals surface area contributed by atoms with Crippen molar-refractivity contribution in [1.82, 2.24) is 4.98 Å². The predicted octanol–water partition coefficient (Wildman–Crippen LogP) is 1.97. The second-order valence-electron chi connectivity index (χ2n) is 3.85. The summed E-state index contributed by atoms with van der Waals surface area (Å²) in [5.74, 6) is 0.696. The van der Waals surface area contributed by atoms with Gasteiger partial charge >= 0.3 is 0 Å². The van der Waals surface area contributed by atoms with Crippen molar-refractivity contribution in [2.75, 3.05) is 0 Å². The summed E-state index contributed by atoms with van der Waals surface area (Å²) in [6.07, 6.45) is 1.06. The second-order valence-corrected chi connectivity index (χ2v) is 4.83. The number of nitrogens with zero attached hydrogens (tertiary/aromatic N) is 1. The van der Waals surface area contributed by atoms with E-state index < -0.39 is 12.0 Å². The first kappa shape index (κ1) is 13.4. The number of amides is 1. The molecule has 0 fully saturated rings. The number of rotatable bonds is 6. The summed E-state index contributed by atoms with van der Waals surface area (Å²) in [5.41, 5.74) is 5.14. The van der Waals surface area contributed by atoms with E-state index in [9.17, 15) is 4.79 Å². The van der Waals surface area contributed by atoms with Crippen molar-refractivity contribution < 1.29 is 14.3 Å².